The standard InChI is InChI=1S/C17H23ClN4O5/c1-8(2)14(16(25)21-12(17(26)27)5-6-13(20)23)22-15(24)10-7-9(18)3-4-11(10)19/h3-4,7-8,12,14H,5-6,19H2,1-2H3,(H2,20,23)(H,21,25)(H,22,24)(H,26,27)/t12-,14+/m1/s1. The summed E-state index contributed by atoms with van der Waals surface area (Å²) in [4.78, 5) is 47.1. The number of anilines is 1. The predicted octanol–water partition coefficient (Wildman–Crippen LogP) is 0.512. The van der Waals surface area contributed by atoms with Crippen molar-refractivity contribution < 1.29 is 24.3 Å². The normalized spacial score (nSPS) is 12.9. The van der Waals surface area contributed by atoms with Crippen molar-refractivity contribution in [2.45, 2.75) is 38.8 Å². The number of nitrogens with one attached hydrogen (secondary N) is 2. The number of hydrogen-bond donors (Lipinski definition) is 5. The average Bonchev–Trinajstić information content (AvgIpc) is 2.57. The van der Waals surface area contributed by atoms with Gasteiger partial charge in [0.05, 0.1) is 5.56 Å². The van der Waals surface area contributed by atoms with Crippen LogP contribution in [0.15, 0.2) is 18.2 Å². The first-order valence-electron chi connectivity index (χ1n) is 8.20. The zero-order valence-corrected chi connectivity index (χ0v) is 15.7. The molecule has 148 valence electrons. The van der Waals surface area contributed by atoms with Crippen molar-refractivity contribution in [3.8, 4) is 0 Å². The molecule has 0 aromatic heterocycles. The first kappa shape index (κ1) is 22.2. The van der Waals surface area contributed by atoms with E-state index in [1.807, 2.05) is 0 Å². The lowest BCUT2D eigenvalue weighted by atomic mass is 10.0. The molecule has 0 aliphatic rings. The molecule has 2 atom stereocenters. The predicted molar refractivity (Wildman–Crippen MR) is 100.0 cm³/mol. The molecule has 9 nitrogen and oxygen atoms in total. The van der Waals surface area contributed by atoms with E-state index in [0.29, 0.717) is 5.02 Å². The Kier molecular flexibility index (Phi) is 8.04. The molecule has 1 rings (SSSR count). The minimum atomic E-state index is -1.31. The lowest BCUT2D eigenvalue weighted by molar-refractivity contribution is -0.142. The number of nitrogens with two attached hydrogens (primary N) is 2. The summed E-state index contributed by atoms with van der Waals surface area (Å²) in [6.45, 7) is 3.37. The van der Waals surface area contributed by atoms with E-state index in [9.17, 15) is 24.3 Å². The van der Waals surface area contributed by atoms with Crippen molar-refractivity contribution in [3.63, 3.8) is 0 Å². The molecule has 1 aromatic carbocycles. The molecule has 0 aliphatic heterocycles. The summed E-state index contributed by atoms with van der Waals surface area (Å²) in [7, 11) is 0. The number of nitrogen functional groups attached to an aromatic ring is 1. The summed E-state index contributed by atoms with van der Waals surface area (Å²) in [6.07, 6.45) is -0.356. The Morgan fingerprint density at radius 2 is 1.81 bits per heavy atom. The van der Waals surface area contributed by atoms with Crippen LogP contribution in [0.25, 0.3) is 0 Å². The Hall–Kier alpha value is -2.81. The Labute approximate surface area is 161 Å². The van der Waals surface area contributed by atoms with Crippen molar-refractivity contribution in [3.05, 3.63) is 28.8 Å². The Morgan fingerprint density at radius 1 is 1.19 bits per heavy atom. The van der Waals surface area contributed by atoms with Crippen LogP contribution in [0.3, 0.4) is 0 Å². The molecule has 0 fully saturated rings. The van der Waals surface area contributed by atoms with Crippen molar-refractivity contribution >= 4 is 41.0 Å². The number of benzene rings is 1. The lowest BCUT2D eigenvalue weighted by Crippen LogP contribution is -2.53. The van der Waals surface area contributed by atoms with Gasteiger partial charge in [0, 0.05) is 17.1 Å². The number of carboxylic acids is 1. The minimum Gasteiger partial charge on any atom is -0.480 e. The highest BCUT2D eigenvalue weighted by Gasteiger charge is 2.29. The monoisotopic (exact) mass is 398 g/mol. The van der Waals surface area contributed by atoms with Gasteiger partial charge in [-0.1, -0.05) is 25.4 Å². The number of amides is 3. The number of carbonyl (C=O) groups is 4. The summed E-state index contributed by atoms with van der Waals surface area (Å²) in [5.74, 6) is -3.65. The van der Waals surface area contributed by atoms with Gasteiger partial charge in [-0.15, -0.1) is 0 Å². The maximum absolute atomic E-state index is 12.5. The third-order valence-electron chi connectivity index (χ3n) is 3.79. The van der Waals surface area contributed by atoms with Crippen molar-refractivity contribution in [2.75, 3.05) is 5.73 Å². The van der Waals surface area contributed by atoms with E-state index in [1.54, 1.807) is 13.8 Å². The van der Waals surface area contributed by atoms with Gasteiger partial charge in [-0.25, -0.2) is 4.79 Å². The molecular formula is C17H23ClN4O5. The van der Waals surface area contributed by atoms with E-state index in [1.165, 1.54) is 18.2 Å². The Bertz CT molecular complexity index is 738. The number of aliphatic carboxylic acids is 1. The molecule has 10 heteroatoms. The quantitative estimate of drug-likeness (QED) is 0.380. The molecule has 0 unspecified atom stereocenters. The van der Waals surface area contributed by atoms with Crippen LogP contribution in [0.5, 0.6) is 0 Å². The van der Waals surface area contributed by atoms with E-state index in [4.69, 9.17) is 23.1 Å². The van der Waals surface area contributed by atoms with E-state index < -0.39 is 35.8 Å². The second-order valence-corrected chi connectivity index (χ2v) is 6.77. The van der Waals surface area contributed by atoms with Crippen LogP contribution in [0.4, 0.5) is 5.69 Å². The van der Waals surface area contributed by atoms with E-state index >= 15 is 0 Å². The van der Waals surface area contributed by atoms with Crippen molar-refractivity contribution in [2.24, 2.45) is 11.7 Å². The van der Waals surface area contributed by atoms with Gasteiger partial charge >= 0.3 is 5.97 Å². The van der Waals surface area contributed by atoms with Crippen LogP contribution >= 0.6 is 11.6 Å². The maximum atomic E-state index is 12.5. The lowest BCUT2D eigenvalue weighted by Gasteiger charge is -2.24. The van der Waals surface area contributed by atoms with Gasteiger partial charge in [0.1, 0.15) is 12.1 Å². The molecular weight excluding hydrogens is 376 g/mol. The van der Waals surface area contributed by atoms with Gasteiger partial charge in [0.2, 0.25) is 11.8 Å². The molecule has 7 N–H and O–H groups in total. The fourth-order valence-corrected chi connectivity index (χ4v) is 2.46. The first-order chi connectivity index (χ1) is 12.5. The second kappa shape index (κ2) is 9.77. The fraction of sp³-hybridized carbons (Fsp3) is 0.412. The van der Waals surface area contributed by atoms with Crippen LogP contribution in [-0.2, 0) is 14.4 Å². The van der Waals surface area contributed by atoms with Crippen LogP contribution in [0.1, 0.15) is 37.0 Å². The van der Waals surface area contributed by atoms with Gasteiger partial charge in [0.25, 0.3) is 5.91 Å². The van der Waals surface area contributed by atoms with Gasteiger partial charge in [-0.3, -0.25) is 14.4 Å². The number of carboxylic acid groups (broad SMARTS) is 1. The van der Waals surface area contributed by atoms with Gasteiger partial charge in [0.15, 0.2) is 0 Å². The highest BCUT2D eigenvalue weighted by molar-refractivity contribution is 6.31. The highest BCUT2D eigenvalue weighted by Crippen LogP contribution is 2.18. The van der Waals surface area contributed by atoms with E-state index in [0.717, 1.165) is 0 Å². The van der Waals surface area contributed by atoms with Gasteiger partial charge < -0.3 is 27.2 Å². The summed E-state index contributed by atoms with van der Waals surface area (Å²) in [5.41, 5.74) is 11.1. The SMILES string of the molecule is CC(C)[C@H](NC(=O)c1cc(Cl)ccc1N)C(=O)N[C@H](CCC(N)=O)C(=O)O. The summed E-state index contributed by atoms with van der Waals surface area (Å²) >= 11 is 5.87. The molecule has 1 aromatic rings. The second-order valence-electron chi connectivity index (χ2n) is 6.33. The van der Waals surface area contributed by atoms with Crippen molar-refractivity contribution in [1.82, 2.24) is 10.6 Å². The molecule has 0 heterocycles. The number of primary amides is 1. The molecule has 0 spiro atoms. The zero-order chi connectivity index (χ0) is 20.7. The molecule has 27 heavy (non-hydrogen) atoms. The van der Waals surface area contributed by atoms with Gasteiger partial charge in [-0.05, 0) is 30.5 Å². The number of hydrogen-bond acceptors (Lipinski definition) is 5. The van der Waals surface area contributed by atoms with Gasteiger partial charge in [-0.2, -0.15) is 0 Å². The first-order valence-corrected chi connectivity index (χ1v) is 8.58. The third kappa shape index (κ3) is 6.78. The van der Waals surface area contributed by atoms with Crippen LogP contribution in [0, 0.1) is 5.92 Å². The maximum Gasteiger partial charge on any atom is 0.326 e. The Balaban J connectivity index is 2.91. The largest absolute Gasteiger partial charge is 0.480 e. The van der Waals surface area contributed by atoms with E-state index in [-0.39, 0.29) is 30.0 Å². The summed E-state index contributed by atoms with van der Waals surface area (Å²) in [5, 5.41) is 14.4. The highest BCUT2D eigenvalue weighted by atomic mass is 35.5. The smallest absolute Gasteiger partial charge is 0.326 e. The fourth-order valence-electron chi connectivity index (χ4n) is 2.28. The molecule has 3 amide bonds. The number of rotatable bonds is 9. The molecule has 0 saturated carbocycles. The van der Waals surface area contributed by atoms with Crippen LogP contribution in [0.2, 0.25) is 5.02 Å². The third-order valence-corrected chi connectivity index (χ3v) is 4.02. The van der Waals surface area contributed by atoms with Crippen LogP contribution < -0.4 is 22.1 Å². The average molecular weight is 399 g/mol. The zero-order valence-electron chi connectivity index (χ0n) is 15.0. The molecule has 0 aliphatic carbocycles. The van der Waals surface area contributed by atoms with Crippen molar-refractivity contribution in [1.29, 1.82) is 0 Å². The Morgan fingerprint density at radius 3 is 2.33 bits per heavy atom. The summed E-state index contributed by atoms with van der Waals surface area (Å²) in [6, 6.07) is 2.03. The van der Waals surface area contributed by atoms with E-state index in [2.05, 4.69) is 10.6 Å². The summed E-state index contributed by atoms with van der Waals surface area (Å²) < 4.78 is 0. The molecule has 0 radical (unpaired) electrons. The molecule has 0 bridgehead atoms. The van der Waals surface area contributed by atoms with Crippen LogP contribution in [-0.4, -0.2) is 40.9 Å². The molecule has 0 saturated heterocycles. The number of halogens is 1. The minimum absolute atomic E-state index is 0.101. The number of carbonyl (C=O) groups excluding carboxylic acids is 3. The topological polar surface area (TPSA) is 165 Å².